The third kappa shape index (κ3) is 2.62. The van der Waals surface area contributed by atoms with Crippen molar-refractivity contribution < 1.29 is 8.78 Å². The summed E-state index contributed by atoms with van der Waals surface area (Å²) in [5.41, 5.74) is 0.708. The first kappa shape index (κ1) is 14.7. The molecule has 1 fully saturated rings. The first-order valence-electron chi connectivity index (χ1n) is 7.73. The van der Waals surface area contributed by atoms with Crippen LogP contribution >= 0.6 is 0 Å². The van der Waals surface area contributed by atoms with E-state index in [1.807, 2.05) is 4.90 Å². The van der Waals surface area contributed by atoms with Crippen LogP contribution in [-0.4, -0.2) is 41.1 Å². The highest BCUT2D eigenvalue weighted by Crippen LogP contribution is 2.26. The summed E-state index contributed by atoms with van der Waals surface area (Å²) in [6, 6.07) is 7.48. The lowest BCUT2D eigenvalue weighted by Crippen LogP contribution is -2.47. The maximum atomic E-state index is 13.9. The van der Waals surface area contributed by atoms with Crippen LogP contribution in [0.1, 0.15) is 0 Å². The van der Waals surface area contributed by atoms with E-state index in [0.717, 1.165) is 0 Å². The molecule has 0 unspecified atom stereocenters. The van der Waals surface area contributed by atoms with Crippen LogP contribution in [0.5, 0.6) is 0 Å². The Morgan fingerprint density at radius 2 is 1.58 bits per heavy atom. The Kier molecular flexibility index (Phi) is 3.68. The molecule has 122 valence electrons. The molecule has 0 spiro atoms. The molecule has 0 N–H and O–H groups in total. The van der Waals surface area contributed by atoms with E-state index in [1.165, 1.54) is 24.5 Å². The third-order valence-electron chi connectivity index (χ3n) is 4.19. The van der Waals surface area contributed by atoms with Gasteiger partial charge in [0.05, 0.1) is 5.52 Å². The average Bonchev–Trinajstić information content (AvgIpc) is 2.62. The van der Waals surface area contributed by atoms with Crippen LogP contribution in [0, 0.1) is 11.6 Å². The number of rotatable bonds is 2. The number of fused-ring (bicyclic) bond motifs is 1. The number of benzene rings is 1. The number of piperazine rings is 1. The standard InChI is InChI=1S/C17H15F2N5/c18-12-3-4-15-13(10-12)16(22-11-21-15)23-6-8-24(9-7-23)17-14(19)2-1-5-20-17/h1-5,10-11H,6-9H2. The first-order valence-corrected chi connectivity index (χ1v) is 7.73. The van der Waals surface area contributed by atoms with Gasteiger partial charge in [-0.1, -0.05) is 0 Å². The third-order valence-corrected chi connectivity index (χ3v) is 4.19. The highest BCUT2D eigenvalue weighted by molar-refractivity contribution is 5.89. The van der Waals surface area contributed by atoms with Crippen molar-refractivity contribution in [3.63, 3.8) is 0 Å². The van der Waals surface area contributed by atoms with Gasteiger partial charge in [0.25, 0.3) is 0 Å². The minimum absolute atomic E-state index is 0.312. The molecule has 7 heteroatoms. The van der Waals surface area contributed by atoms with Crippen molar-refractivity contribution in [1.82, 2.24) is 15.0 Å². The van der Waals surface area contributed by atoms with Crippen LogP contribution in [0.4, 0.5) is 20.4 Å². The number of nitrogens with zero attached hydrogens (tertiary/aromatic N) is 5. The van der Waals surface area contributed by atoms with Gasteiger partial charge in [0.1, 0.15) is 18.0 Å². The zero-order valence-corrected chi connectivity index (χ0v) is 12.9. The maximum absolute atomic E-state index is 13.9. The van der Waals surface area contributed by atoms with Crippen molar-refractivity contribution in [1.29, 1.82) is 0 Å². The largest absolute Gasteiger partial charge is 0.352 e. The van der Waals surface area contributed by atoms with Gasteiger partial charge in [-0.25, -0.2) is 23.7 Å². The summed E-state index contributed by atoms with van der Waals surface area (Å²) in [5, 5.41) is 0.690. The van der Waals surface area contributed by atoms with E-state index in [0.29, 0.717) is 48.7 Å². The SMILES string of the molecule is Fc1ccc2ncnc(N3CCN(c4ncccc4F)CC3)c2c1. The van der Waals surface area contributed by atoms with Crippen molar-refractivity contribution in [2.75, 3.05) is 36.0 Å². The Morgan fingerprint density at radius 1 is 0.833 bits per heavy atom. The minimum atomic E-state index is -0.319. The summed E-state index contributed by atoms with van der Waals surface area (Å²) in [6.45, 7) is 2.54. The second kappa shape index (κ2) is 5.99. The molecule has 1 aromatic carbocycles. The van der Waals surface area contributed by atoms with Crippen molar-refractivity contribution >= 4 is 22.5 Å². The van der Waals surface area contributed by atoms with E-state index in [1.54, 1.807) is 18.3 Å². The quantitative estimate of drug-likeness (QED) is 0.724. The van der Waals surface area contributed by atoms with Gasteiger partial charge in [-0.2, -0.15) is 0 Å². The van der Waals surface area contributed by atoms with E-state index in [-0.39, 0.29) is 11.6 Å². The molecule has 0 radical (unpaired) electrons. The van der Waals surface area contributed by atoms with Crippen molar-refractivity contribution in [2.45, 2.75) is 0 Å². The number of hydrogen-bond acceptors (Lipinski definition) is 5. The fraction of sp³-hybridized carbons (Fsp3) is 0.235. The maximum Gasteiger partial charge on any atom is 0.165 e. The molecule has 5 nitrogen and oxygen atoms in total. The van der Waals surface area contributed by atoms with Crippen LogP contribution in [0.3, 0.4) is 0 Å². The molecule has 1 aliphatic heterocycles. The molecule has 2 aromatic heterocycles. The van der Waals surface area contributed by atoms with Crippen LogP contribution in [0.15, 0.2) is 42.9 Å². The van der Waals surface area contributed by atoms with E-state index in [2.05, 4.69) is 19.9 Å². The van der Waals surface area contributed by atoms with Gasteiger partial charge in [-0.05, 0) is 30.3 Å². The lowest BCUT2D eigenvalue weighted by molar-refractivity contribution is 0.587. The van der Waals surface area contributed by atoms with Crippen molar-refractivity contribution in [3.05, 3.63) is 54.5 Å². The molecular formula is C17H15F2N5. The zero-order valence-electron chi connectivity index (χ0n) is 12.9. The van der Waals surface area contributed by atoms with Gasteiger partial charge >= 0.3 is 0 Å². The smallest absolute Gasteiger partial charge is 0.165 e. The minimum Gasteiger partial charge on any atom is -0.352 e. The van der Waals surface area contributed by atoms with Crippen molar-refractivity contribution in [2.24, 2.45) is 0 Å². The van der Waals surface area contributed by atoms with Gasteiger partial charge in [-0.3, -0.25) is 0 Å². The predicted octanol–water partition coefficient (Wildman–Crippen LogP) is 2.63. The number of aromatic nitrogens is 3. The first-order chi connectivity index (χ1) is 11.7. The number of pyridine rings is 1. The van der Waals surface area contributed by atoms with Gasteiger partial charge in [0.2, 0.25) is 0 Å². The van der Waals surface area contributed by atoms with Gasteiger partial charge in [0, 0.05) is 37.8 Å². The van der Waals surface area contributed by atoms with E-state index < -0.39 is 0 Å². The summed E-state index contributed by atoms with van der Waals surface area (Å²) in [6.07, 6.45) is 3.08. The lowest BCUT2D eigenvalue weighted by atomic mass is 10.2. The monoisotopic (exact) mass is 327 g/mol. The molecule has 3 heterocycles. The van der Waals surface area contributed by atoms with Gasteiger partial charge in [0.15, 0.2) is 11.6 Å². The fourth-order valence-corrected chi connectivity index (χ4v) is 3.01. The Bertz CT molecular complexity index is 878. The lowest BCUT2D eigenvalue weighted by Gasteiger charge is -2.36. The summed E-state index contributed by atoms with van der Waals surface area (Å²) in [4.78, 5) is 16.6. The normalized spacial score (nSPS) is 15.1. The second-order valence-corrected chi connectivity index (χ2v) is 5.64. The summed E-state index contributed by atoms with van der Waals surface area (Å²) in [5.74, 6) is 0.449. The molecule has 0 amide bonds. The molecule has 1 aliphatic rings. The Balaban J connectivity index is 1.58. The summed E-state index contributed by atoms with van der Waals surface area (Å²) >= 11 is 0. The molecule has 0 aliphatic carbocycles. The second-order valence-electron chi connectivity index (χ2n) is 5.64. The van der Waals surface area contributed by atoms with E-state index in [9.17, 15) is 8.78 Å². The Labute approximate surface area is 137 Å². The van der Waals surface area contributed by atoms with Crippen LogP contribution < -0.4 is 9.80 Å². The summed E-state index contributed by atoms with van der Waals surface area (Å²) in [7, 11) is 0. The highest BCUT2D eigenvalue weighted by atomic mass is 19.1. The molecular weight excluding hydrogens is 312 g/mol. The Hall–Kier alpha value is -2.83. The van der Waals surface area contributed by atoms with Crippen molar-refractivity contribution in [3.8, 4) is 0 Å². The predicted molar refractivity (Wildman–Crippen MR) is 88.1 cm³/mol. The summed E-state index contributed by atoms with van der Waals surface area (Å²) < 4.78 is 27.4. The number of halogens is 2. The molecule has 0 atom stereocenters. The van der Waals surface area contributed by atoms with Gasteiger partial charge in [-0.15, -0.1) is 0 Å². The van der Waals surface area contributed by atoms with Crippen LogP contribution in [-0.2, 0) is 0 Å². The number of hydrogen-bond donors (Lipinski definition) is 0. The van der Waals surface area contributed by atoms with E-state index >= 15 is 0 Å². The molecule has 0 bridgehead atoms. The van der Waals surface area contributed by atoms with Crippen LogP contribution in [0.25, 0.3) is 10.9 Å². The molecule has 24 heavy (non-hydrogen) atoms. The van der Waals surface area contributed by atoms with E-state index in [4.69, 9.17) is 0 Å². The highest BCUT2D eigenvalue weighted by Gasteiger charge is 2.22. The van der Waals surface area contributed by atoms with Gasteiger partial charge < -0.3 is 9.80 Å². The molecule has 3 aromatic rings. The fourth-order valence-electron chi connectivity index (χ4n) is 3.01. The topological polar surface area (TPSA) is 45.2 Å². The Morgan fingerprint density at radius 3 is 2.33 bits per heavy atom. The average molecular weight is 327 g/mol. The molecule has 1 saturated heterocycles. The van der Waals surface area contributed by atoms with Crippen LogP contribution in [0.2, 0.25) is 0 Å². The number of anilines is 2. The molecule has 4 rings (SSSR count). The zero-order chi connectivity index (χ0) is 16.5. The molecule has 0 saturated carbocycles.